The average molecular weight is 464 g/mol. The molecular formula is C20H15Cl2N3O6. The number of aromatic hydroxyl groups is 1. The maximum Gasteiger partial charge on any atom is 0.395 e. The molecule has 0 aliphatic carbocycles. The van der Waals surface area contributed by atoms with Crippen molar-refractivity contribution < 1.29 is 19.5 Å². The van der Waals surface area contributed by atoms with Gasteiger partial charge in [0.2, 0.25) is 0 Å². The third-order valence-corrected chi connectivity index (χ3v) is 4.70. The Bertz CT molecular complexity index is 1230. The van der Waals surface area contributed by atoms with Gasteiger partial charge in [-0.05, 0) is 30.4 Å². The highest BCUT2D eigenvalue weighted by molar-refractivity contribution is 6.35. The van der Waals surface area contributed by atoms with E-state index < -0.39 is 22.0 Å². The first kappa shape index (κ1) is 22.1. The molecule has 3 rings (SSSR count). The van der Waals surface area contributed by atoms with E-state index in [1.807, 2.05) is 0 Å². The molecule has 1 aromatic heterocycles. The van der Waals surface area contributed by atoms with Gasteiger partial charge in [0.15, 0.2) is 11.5 Å². The SMILES string of the molecule is COc1cccc(/C=C\c2nc(O)c([N+](=O)[O-])c(=O)[nH]2)c1OCc1ccc(Cl)cc1Cl. The number of nitro groups is 1. The molecule has 0 spiro atoms. The first-order valence-electron chi connectivity index (χ1n) is 8.69. The molecule has 0 unspecified atom stereocenters. The molecule has 0 saturated heterocycles. The highest BCUT2D eigenvalue weighted by Crippen LogP contribution is 2.34. The molecule has 31 heavy (non-hydrogen) atoms. The zero-order chi connectivity index (χ0) is 22.5. The Kier molecular flexibility index (Phi) is 6.78. The van der Waals surface area contributed by atoms with Crippen LogP contribution < -0.4 is 15.0 Å². The minimum absolute atomic E-state index is 0.0809. The van der Waals surface area contributed by atoms with E-state index in [1.54, 1.807) is 42.5 Å². The molecule has 9 nitrogen and oxygen atoms in total. The van der Waals surface area contributed by atoms with E-state index in [0.29, 0.717) is 32.7 Å². The van der Waals surface area contributed by atoms with Crippen molar-refractivity contribution in [1.29, 1.82) is 0 Å². The largest absolute Gasteiger partial charge is 0.493 e. The van der Waals surface area contributed by atoms with E-state index in [0.717, 1.165) is 0 Å². The summed E-state index contributed by atoms with van der Waals surface area (Å²) < 4.78 is 11.3. The first-order valence-corrected chi connectivity index (χ1v) is 9.45. The van der Waals surface area contributed by atoms with Crippen LogP contribution in [-0.2, 0) is 6.61 Å². The predicted octanol–water partition coefficient (Wildman–Crippen LogP) is 4.45. The Labute approximate surface area is 185 Å². The number of rotatable bonds is 7. The molecule has 1 heterocycles. The summed E-state index contributed by atoms with van der Waals surface area (Å²) in [5, 5.41) is 21.4. The monoisotopic (exact) mass is 463 g/mol. The van der Waals surface area contributed by atoms with Crippen molar-refractivity contribution in [2.75, 3.05) is 7.11 Å². The lowest BCUT2D eigenvalue weighted by Gasteiger charge is -2.14. The molecule has 0 aliphatic rings. The Morgan fingerprint density at radius 1 is 1.26 bits per heavy atom. The highest BCUT2D eigenvalue weighted by atomic mass is 35.5. The van der Waals surface area contributed by atoms with Crippen molar-refractivity contribution in [3.8, 4) is 17.4 Å². The van der Waals surface area contributed by atoms with Gasteiger partial charge in [0.05, 0.1) is 12.0 Å². The number of hydrogen-bond donors (Lipinski definition) is 2. The predicted molar refractivity (Wildman–Crippen MR) is 116 cm³/mol. The van der Waals surface area contributed by atoms with Crippen LogP contribution in [0.3, 0.4) is 0 Å². The van der Waals surface area contributed by atoms with Gasteiger partial charge in [-0.1, -0.05) is 41.4 Å². The first-order chi connectivity index (χ1) is 14.8. The molecule has 0 radical (unpaired) electrons. The number of nitrogens with zero attached hydrogens (tertiary/aromatic N) is 2. The summed E-state index contributed by atoms with van der Waals surface area (Å²) in [4.78, 5) is 27.4. The van der Waals surface area contributed by atoms with Crippen LogP contribution >= 0.6 is 23.2 Å². The Balaban J connectivity index is 1.91. The topological polar surface area (TPSA) is 128 Å². The molecule has 11 heteroatoms. The van der Waals surface area contributed by atoms with Crippen LogP contribution in [0, 0.1) is 10.1 Å². The van der Waals surface area contributed by atoms with Gasteiger partial charge in [0.25, 0.3) is 5.88 Å². The van der Waals surface area contributed by atoms with E-state index >= 15 is 0 Å². The normalized spacial score (nSPS) is 10.9. The third kappa shape index (κ3) is 5.14. The zero-order valence-electron chi connectivity index (χ0n) is 16.0. The van der Waals surface area contributed by atoms with Crippen molar-refractivity contribution in [3.05, 3.63) is 83.9 Å². The Hall–Kier alpha value is -3.56. The third-order valence-electron chi connectivity index (χ3n) is 4.11. The van der Waals surface area contributed by atoms with Gasteiger partial charge in [-0.25, -0.2) is 0 Å². The fourth-order valence-electron chi connectivity index (χ4n) is 2.65. The number of para-hydroxylation sites is 1. The van der Waals surface area contributed by atoms with Crippen LogP contribution in [0.15, 0.2) is 41.2 Å². The number of aromatic amines is 1. The number of benzene rings is 2. The summed E-state index contributed by atoms with van der Waals surface area (Å²) in [6.45, 7) is 0.130. The van der Waals surface area contributed by atoms with Crippen LogP contribution in [0.4, 0.5) is 5.69 Å². The van der Waals surface area contributed by atoms with E-state index in [4.69, 9.17) is 32.7 Å². The van der Waals surface area contributed by atoms with Gasteiger partial charge < -0.3 is 19.6 Å². The van der Waals surface area contributed by atoms with Gasteiger partial charge in [0, 0.05) is 21.2 Å². The fourth-order valence-corrected chi connectivity index (χ4v) is 3.12. The number of hydrogen-bond acceptors (Lipinski definition) is 7. The van der Waals surface area contributed by atoms with Crippen LogP contribution in [0.2, 0.25) is 10.0 Å². The Morgan fingerprint density at radius 3 is 2.68 bits per heavy atom. The standard InChI is InChI=1S/C20H15Cl2N3O6/c1-30-15-4-2-3-11(18(15)31-10-12-5-7-13(21)9-14(12)22)6-8-16-23-19(26)17(25(28)29)20(27)24-16/h2-9H,10H2,1H3,(H2,23,24,26,27)/b8-6-. The van der Waals surface area contributed by atoms with Crippen molar-refractivity contribution in [2.45, 2.75) is 6.61 Å². The summed E-state index contributed by atoms with van der Waals surface area (Å²) in [7, 11) is 1.48. The van der Waals surface area contributed by atoms with Crippen molar-refractivity contribution in [1.82, 2.24) is 9.97 Å². The molecule has 0 aliphatic heterocycles. The summed E-state index contributed by atoms with van der Waals surface area (Å²) in [6.07, 6.45) is 2.91. The minimum Gasteiger partial charge on any atom is -0.493 e. The smallest absolute Gasteiger partial charge is 0.395 e. The van der Waals surface area contributed by atoms with Gasteiger partial charge in [-0.15, -0.1) is 0 Å². The molecule has 160 valence electrons. The molecule has 2 aromatic carbocycles. The second kappa shape index (κ2) is 9.50. The van der Waals surface area contributed by atoms with Crippen molar-refractivity contribution in [3.63, 3.8) is 0 Å². The fraction of sp³-hybridized carbons (Fsp3) is 0.100. The number of aromatic nitrogens is 2. The van der Waals surface area contributed by atoms with Crippen LogP contribution in [0.5, 0.6) is 17.4 Å². The lowest BCUT2D eigenvalue weighted by atomic mass is 10.1. The molecule has 3 aromatic rings. The van der Waals surface area contributed by atoms with Crippen molar-refractivity contribution >= 4 is 41.0 Å². The van der Waals surface area contributed by atoms with Gasteiger partial charge in [-0.3, -0.25) is 14.9 Å². The van der Waals surface area contributed by atoms with Crippen LogP contribution in [-0.4, -0.2) is 27.1 Å². The quantitative estimate of drug-likeness (QED) is 0.391. The molecule has 0 amide bonds. The number of H-pyrrole nitrogens is 1. The Morgan fingerprint density at radius 2 is 2.03 bits per heavy atom. The summed E-state index contributed by atoms with van der Waals surface area (Å²) in [5.41, 5.74) is -0.831. The molecular weight excluding hydrogens is 449 g/mol. The number of halogens is 2. The number of nitrogens with one attached hydrogen (secondary N) is 1. The molecule has 0 atom stereocenters. The van der Waals surface area contributed by atoms with Gasteiger partial charge in [-0.2, -0.15) is 4.98 Å². The zero-order valence-corrected chi connectivity index (χ0v) is 17.5. The lowest BCUT2D eigenvalue weighted by Crippen LogP contribution is -2.14. The second-order valence-corrected chi connectivity index (χ2v) is 6.96. The maximum atomic E-state index is 11.8. The molecule has 0 saturated carbocycles. The van der Waals surface area contributed by atoms with E-state index in [1.165, 1.54) is 13.2 Å². The second-order valence-electron chi connectivity index (χ2n) is 6.12. The van der Waals surface area contributed by atoms with Crippen molar-refractivity contribution in [2.24, 2.45) is 0 Å². The van der Waals surface area contributed by atoms with Gasteiger partial charge >= 0.3 is 11.2 Å². The number of methoxy groups -OCH3 is 1. The minimum atomic E-state index is -1.07. The van der Waals surface area contributed by atoms with Gasteiger partial charge in [0.1, 0.15) is 12.4 Å². The van der Waals surface area contributed by atoms with E-state index in [-0.39, 0.29) is 12.4 Å². The summed E-state index contributed by atoms with van der Waals surface area (Å²) in [6, 6.07) is 10.2. The molecule has 0 fully saturated rings. The lowest BCUT2D eigenvalue weighted by molar-refractivity contribution is -0.387. The molecule has 2 N–H and O–H groups in total. The van der Waals surface area contributed by atoms with E-state index in [9.17, 15) is 20.0 Å². The van der Waals surface area contributed by atoms with Crippen LogP contribution in [0.1, 0.15) is 17.0 Å². The highest BCUT2D eigenvalue weighted by Gasteiger charge is 2.21. The molecule has 0 bridgehead atoms. The maximum absolute atomic E-state index is 11.8. The average Bonchev–Trinajstić information content (AvgIpc) is 2.71. The van der Waals surface area contributed by atoms with E-state index in [2.05, 4.69) is 9.97 Å². The van der Waals surface area contributed by atoms with Crippen LogP contribution in [0.25, 0.3) is 12.2 Å². The summed E-state index contributed by atoms with van der Waals surface area (Å²) in [5.74, 6) is -0.225. The number of ether oxygens (including phenoxy) is 2. The summed E-state index contributed by atoms with van der Waals surface area (Å²) >= 11 is 12.1.